The maximum Gasteiger partial charge on any atom is 0.330 e. The first-order valence-electron chi connectivity index (χ1n) is 11.3. The zero-order valence-electron chi connectivity index (χ0n) is 19.8. The summed E-state index contributed by atoms with van der Waals surface area (Å²) in [4.78, 5) is 34.0. The van der Waals surface area contributed by atoms with Crippen molar-refractivity contribution in [2.45, 2.75) is 40.8 Å². The summed E-state index contributed by atoms with van der Waals surface area (Å²) in [5.74, 6) is 0.197. The Hall–Kier alpha value is -2.93. The number of carbonyl (C=O) groups is 1. The summed E-state index contributed by atoms with van der Waals surface area (Å²) in [7, 11) is 1.78. The highest BCUT2D eigenvalue weighted by molar-refractivity contribution is 5.79. The molecular formula is C25H33N5O2. The third kappa shape index (κ3) is 4.48. The molecule has 0 saturated carbocycles. The third-order valence-electron chi connectivity index (χ3n) is 6.02. The number of benzene rings is 1. The van der Waals surface area contributed by atoms with Crippen molar-refractivity contribution in [2.24, 2.45) is 12.5 Å². The fraction of sp³-hybridized carbons (Fsp3) is 0.480. The molecule has 4 rings (SSSR count). The number of hydrogen-bond donors (Lipinski definition) is 0. The predicted octanol–water partition coefficient (Wildman–Crippen LogP) is 3.11. The number of rotatable bonds is 5. The van der Waals surface area contributed by atoms with Gasteiger partial charge in [0.25, 0.3) is 0 Å². The number of imidazole rings is 1. The number of nitrogens with zero attached hydrogens (tertiary/aromatic N) is 5. The SMILES string of the molecule is CCN1CCN(Cc2cccc(-c3ccc4c(n3)n(C)c(=O)n4CC(C)(C)C)c2)CC1=O. The highest BCUT2D eigenvalue weighted by atomic mass is 16.2. The first-order valence-corrected chi connectivity index (χ1v) is 11.3. The maximum atomic E-state index is 12.8. The van der Waals surface area contributed by atoms with E-state index >= 15 is 0 Å². The Labute approximate surface area is 189 Å². The molecule has 3 heterocycles. The van der Waals surface area contributed by atoms with Crippen LogP contribution in [0.2, 0.25) is 0 Å². The average Bonchev–Trinajstić information content (AvgIpc) is 2.97. The second-order valence-corrected chi connectivity index (χ2v) is 9.91. The molecule has 0 N–H and O–H groups in total. The van der Waals surface area contributed by atoms with Gasteiger partial charge in [0.05, 0.1) is 17.8 Å². The Balaban J connectivity index is 1.60. The second kappa shape index (κ2) is 8.54. The van der Waals surface area contributed by atoms with Crippen LogP contribution in [0.5, 0.6) is 0 Å². The van der Waals surface area contributed by atoms with Crippen LogP contribution in [0, 0.1) is 5.41 Å². The van der Waals surface area contributed by atoms with E-state index in [2.05, 4.69) is 37.8 Å². The van der Waals surface area contributed by atoms with E-state index in [1.807, 2.05) is 40.7 Å². The van der Waals surface area contributed by atoms with Crippen molar-refractivity contribution >= 4 is 17.1 Å². The van der Waals surface area contributed by atoms with Gasteiger partial charge in [0, 0.05) is 45.3 Å². The Morgan fingerprint density at radius 1 is 1.06 bits per heavy atom. The molecule has 1 aliphatic heterocycles. The van der Waals surface area contributed by atoms with Crippen LogP contribution in [-0.2, 0) is 24.9 Å². The Bertz CT molecular complexity index is 1200. The Morgan fingerprint density at radius 2 is 1.84 bits per heavy atom. The zero-order valence-corrected chi connectivity index (χ0v) is 19.8. The highest BCUT2D eigenvalue weighted by Crippen LogP contribution is 2.24. The van der Waals surface area contributed by atoms with Crippen molar-refractivity contribution in [3.8, 4) is 11.3 Å². The van der Waals surface area contributed by atoms with Gasteiger partial charge in [-0.1, -0.05) is 39.0 Å². The molecule has 3 aromatic rings. The maximum absolute atomic E-state index is 12.8. The molecule has 1 aliphatic rings. The summed E-state index contributed by atoms with van der Waals surface area (Å²) in [5.41, 5.74) is 4.53. The fourth-order valence-electron chi connectivity index (χ4n) is 4.37. The molecule has 7 nitrogen and oxygen atoms in total. The lowest BCUT2D eigenvalue weighted by Crippen LogP contribution is -2.49. The van der Waals surface area contributed by atoms with Crippen LogP contribution >= 0.6 is 0 Å². The molecule has 0 spiro atoms. The van der Waals surface area contributed by atoms with Crippen molar-refractivity contribution in [2.75, 3.05) is 26.2 Å². The van der Waals surface area contributed by atoms with Gasteiger partial charge in [-0.2, -0.15) is 0 Å². The molecule has 0 atom stereocenters. The minimum atomic E-state index is -0.0378. The third-order valence-corrected chi connectivity index (χ3v) is 6.02. The van der Waals surface area contributed by atoms with Gasteiger partial charge >= 0.3 is 5.69 Å². The number of aromatic nitrogens is 3. The van der Waals surface area contributed by atoms with Gasteiger partial charge in [-0.3, -0.25) is 18.8 Å². The van der Waals surface area contributed by atoms with E-state index in [0.29, 0.717) is 18.7 Å². The van der Waals surface area contributed by atoms with E-state index in [1.165, 1.54) is 0 Å². The van der Waals surface area contributed by atoms with Crippen LogP contribution in [0.3, 0.4) is 0 Å². The zero-order chi connectivity index (χ0) is 23.0. The number of likely N-dealkylation sites (N-methyl/N-ethyl adjacent to an activating group) is 1. The molecule has 0 aliphatic carbocycles. The number of carbonyl (C=O) groups excluding carboxylic acids is 1. The summed E-state index contributed by atoms with van der Waals surface area (Å²) in [5, 5.41) is 0. The number of fused-ring (bicyclic) bond motifs is 1. The van der Waals surface area contributed by atoms with Crippen LogP contribution in [0.1, 0.15) is 33.3 Å². The molecule has 0 bridgehead atoms. The van der Waals surface area contributed by atoms with Crippen molar-refractivity contribution in [1.82, 2.24) is 23.9 Å². The molecule has 1 fully saturated rings. The molecule has 0 radical (unpaired) electrons. The van der Waals surface area contributed by atoms with E-state index in [0.717, 1.165) is 48.5 Å². The number of piperazine rings is 1. The van der Waals surface area contributed by atoms with Gasteiger partial charge in [0.15, 0.2) is 5.65 Å². The highest BCUT2D eigenvalue weighted by Gasteiger charge is 2.23. The van der Waals surface area contributed by atoms with E-state index in [-0.39, 0.29) is 17.0 Å². The predicted molar refractivity (Wildman–Crippen MR) is 127 cm³/mol. The smallest absolute Gasteiger partial charge is 0.330 e. The van der Waals surface area contributed by atoms with Gasteiger partial charge in [0.1, 0.15) is 0 Å². The van der Waals surface area contributed by atoms with Crippen molar-refractivity contribution < 1.29 is 4.79 Å². The van der Waals surface area contributed by atoms with Crippen molar-refractivity contribution in [3.05, 3.63) is 52.4 Å². The fourth-order valence-corrected chi connectivity index (χ4v) is 4.37. The molecule has 170 valence electrons. The van der Waals surface area contributed by atoms with Gasteiger partial charge in [0.2, 0.25) is 5.91 Å². The minimum Gasteiger partial charge on any atom is -0.341 e. The monoisotopic (exact) mass is 435 g/mol. The summed E-state index contributed by atoms with van der Waals surface area (Å²) >= 11 is 0. The molecule has 2 aromatic heterocycles. The average molecular weight is 436 g/mol. The lowest BCUT2D eigenvalue weighted by Gasteiger charge is -2.33. The van der Waals surface area contributed by atoms with E-state index in [9.17, 15) is 9.59 Å². The van der Waals surface area contributed by atoms with Gasteiger partial charge in [-0.25, -0.2) is 9.78 Å². The number of aryl methyl sites for hydroxylation is 1. The molecule has 1 amide bonds. The van der Waals surface area contributed by atoms with E-state index in [4.69, 9.17) is 4.98 Å². The first kappa shape index (κ1) is 22.3. The van der Waals surface area contributed by atoms with Gasteiger partial charge in [-0.15, -0.1) is 0 Å². The van der Waals surface area contributed by atoms with Crippen molar-refractivity contribution in [3.63, 3.8) is 0 Å². The topological polar surface area (TPSA) is 63.4 Å². The van der Waals surface area contributed by atoms with Crippen LogP contribution in [-0.4, -0.2) is 56.0 Å². The van der Waals surface area contributed by atoms with Crippen LogP contribution in [0.15, 0.2) is 41.2 Å². The molecule has 1 saturated heterocycles. The summed E-state index contributed by atoms with van der Waals surface area (Å²) in [6.07, 6.45) is 0. The second-order valence-electron chi connectivity index (χ2n) is 9.91. The van der Waals surface area contributed by atoms with Crippen LogP contribution < -0.4 is 5.69 Å². The molecule has 0 unspecified atom stereocenters. The lowest BCUT2D eigenvalue weighted by atomic mass is 9.97. The van der Waals surface area contributed by atoms with Gasteiger partial charge < -0.3 is 4.90 Å². The first-order chi connectivity index (χ1) is 15.2. The summed E-state index contributed by atoms with van der Waals surface area (Å²) in [6, 6.07) is 12.3. The van der Waals surface area contributed by atoms with Crippen LogP contribution in [0.25, 0.3) is 22.4 Å². The number of amides is 1. The quantitative estimate of drug-likeness (QED) is 0.618. The molecule has 32 heavy (non-hydrogen) atoms. The number of hydrogen-bond acceptors (Lipinski definition) is 4. The molecular weight excluding hydrogens is 402 g/mol. The molecule has 1 aromatic carbocycles. The summed E-state index contributed by atoms with van der Waals surface area (Å²) in [6.45, 7) is 12.7. The minimum absolute atomic E-state index is 0.00485. The van der Waals surface area contributed by atoms with E-state index in [1.54, 1.807) is 11.6 Å². The standard InChI is InChI=1S/C25H33N5O2/c1-6-29-13-12-28(16-22(29)31)15-18-8-7-9-19(14-18)20-10-11-21-23(26-20)27(5)24(32)30(21)17-25(2,3)4/h7-11,14H,6,12-13,15-17H2,1-5H3. The Kier molecular flexibility index (Phi) is 5.95. The molecule has 7 heteroatoms. The van der Waals surface area contributed by atoms with Crippen LogP contribution in [0.4, 0.5) is 0 Å². The Morgan fingerprint density at radius 3 is 2.53 bits per heavy atom. The van der Waals surface area contributed by atoms with E-state index < -0.39 is 0 Å². The van der Waals surface area contributed by atoms with Crippen molar-refractivity contribution in [1.29, 1.82) is 0 Å². The largest absolute Gasteiger partial charge is 0.341 e. The van der Waals surface area contributed by atoms with Gasteiger partial charge in [-0.05, 0) is 36.1 Å². The lowest BCUT2D eigenvalue weighted by molar-refractivity contribution is -0.135. The summed E-state index contributed by atoms with van der Waals surface area (Å²) < 4.78 is 3.45. The number of pyridine rings is 1. The normalized spacial score (nSPS) is 15.7.